The minimum atomic E-state index is -2.03. The van der Waals surface area contributed by atoms with Gasteiger partial charge in [0.2, 0.25) is 0 Å². The van der Waals surface area contributed by atoms with Crippen molar-refractivity contribution >= 4 is 11.9 Å². The zero-order valence-electron chi connectivity index (χ0n) is 18.0. The maximum atomic E-state index is 14.5. The van der Waals surface area contributed by atoms with Gasteiger partial charge in [-0.25, -0.2) is 44.7 Å². The van der Waals surface area contributed by atoms with Crippen LogP contribution in [0.4, 0.5) is 35.1 Å². The van der Waals surface area contributed by atoms with Gasteiger partial charge in [0.05, 0.1) is 0 Å². The van der Waals surface area contributed by atoms with Gasteiger partial charge in [0.15, 0.2) is 34.9 Å². The van der Waals surface area contributed by atoms with E-state index in [4.69, 9.17) is 0 Å². The van der Waals surface area contributed by atoms with Gasteiger partial charge < -0.3 is 9.68 Å². The molecule has 0 saturated carbocycles. The van der Waals surface area contributed by atoms with Crippen molar-refractivity contribution in [3.05, 3.63) is 70.3 Å². The van der Waals surface area contributed by atoms with Gasteiger partial charge >= 0.3 is 11.9 Å². The molecule has 6 nitrogen and oxygen atoms in total. The standard InChI is InChI=1S/C22H16F8N2O4/c23-13-3-1-11(17(27)19(13)29)15(25)9-5-31(6-9)35-21(33)22(34)36-32-7-10(8-32)16(26)12-2-4-14(24)20(30)18(12)28/h1-4,9-10,15-16H,5-8H2. The highest BCUT2D eigenvalue weighted by Crippen LogP contribution is 2.37. The lowest BCUT2D eigenvalue weighted by Crippen LogP contribution is -2.52. The Balaban J connectivity index is 1.21. The molecule has 0 spiro atoms. The molecule has 2 fully saturated rings. The van der Waals surface area contributed by atoms with Gasteiger partial charge in [0, 0.05) is 49.1 Å². The summed E-state index contributed by atoms with van der Waals surface area (Å²) in [6.07, 6.45) is -4.07. The van der Waals surface area contributed by atoms with Crippen molar-refractivity contribution in [3.63, 3.8) is 0 Å². The third-order valence-electron chi connectivity index (χ3n) is 5.90. The first kappa shape index (κ1) is 25.8. The predicted molar refractivity (Wildman–Crippen MR) is 103 cm³/mol. The molecule has 0 N–H and O–H groups in total. The largest absolute Gasteiger partial charge is 0.438 e. The van der Waals surface area contributed by atoms with Crippen LogP contribution in [0.15, 0.2) is 24.3 Å². The summed E-state index contributed by atoms with van der Waals surface area (Å²) < 4.78 is 109. The monoisotopic (exact) mass is 524 g/mol. The van der Waals surface area contributed by atoms with E-state index in [1.165, 1.54) is 0 Å². The number of carbonyl (C=O) groups excluding carboxylic acids is 2. The molecule has 0 aliphatic carbocycles. The van der Waals surface area contributed by atoms with Crippen LogP contribution < -0.4 is 0 Å². The first-order valence-corrected chi connectivity index (χ1v) is 10.5. The Morgan fingerprint density at radius 2 is 0.972 bits per heavy atom. The molecule has 0 bridgehead atoms. The molecule has 194 valence electrons. The van der Waals surface area contributed by atoms with Gasteiger partial charge in [-0.05, 0) is 12.1 Å². The summed E-state index contributed by atoms with van der Waals surface area (Å²) in [7, 11) is 0. The van der Waals surface area contributed by atoms with Crippen molar-refractivity contribution in [2.45, 2.75) is 12.3 Å². The summed E-state index contributed by atoms with van der Waals surface area (Å²) >= 11 is 0. The zero-order chi connectivity index (χ0) is 26.3. The molecule has 0 amide bonds. The predicted octanol–water partition coefficient (Wildman–Crippen LogP) is 4.02. The van der Waals surface area contributed by atoms with Crippen LogP contribution in [0.5, 0.6) is 0 Å². The van der Waals surface area contributed by atoms with Crippen molar-refractivity contribution in [1.29, 1.82) is 0 Å². The topological polar surface area (TPSA) is 59.1 Å². The van der Waals surface area contributed by atoms with Gasteiger partial charge in [-0.3, -0.25) is 0 Å². The summed E-state index contributed by atoms with van der Waals surface area (Å²) in [6.45, 7) is -1.14. The molecule has 2 unspecified atom stereocenters. The highest BCUT2D eigenvalue weighted by Gasteiger charge is 2.42. The van der Waals surface area contributed by atoms with Crippen LogP contribution in [0.1, 0.15) is 23.5 Å². The minimum absolute atomic E-state index is 0.284. The Kier molecular flexibility index (Phi) is 7.18. The van der Waals surface area contributed by atoms with Crippen LogP contribution >= 0.6 is 0 Å². The Morgan fingerprint density at radius 1 is 0.639 bits per heavy atom. The van der Waals surface area contributed by atoms with Crippen LogP contribution in [0.25, 0.3) is 0 Å². The number of benzene rings is 2. The van der Waals surface area contributed by atoms with Crippen LogP contribution in [-0.2, 0) is 19.3 Å². The fraction of sp³-hybridized carbons (Fsp3) is 0.364. The first-order valence-electron chi connectivity index (χ1n) is 10.5. The molecular formula is C22H16F8N2O4. The van der Waals surface area contributed by atoms with Crippen LogP contribution in [-0.4, -0.2) is 48.2 Å². The fourth-order valence-electron chi connectivity index (χ4n) is 3.78. The average Bonchev–Trinajstić information content (AvgIpc) is 2.79. The van der Waals surface area contributed by atoms with E-state index in [1.54, 1.807) is 0 Å². The van der Waals surface area contributed by atoms with Gasteiger partial charge in [0.25, 0.3) is 0 Å². The lowest BCUT2D eigenvalue weighted by atomic mass is 9.91. The number of nitrogens with zero attached hydrogens (tertiary/aromatic N) is 2. The number of hydroxylamine groups is 4. The van der Waals surface area contributed by atoms with E-state index in [0.29, 0.717) is 12.1 Å². The summed E-state index contributed by atoms with van der Waals surface area (Å²) in [4.78, 5) is 33.1. The molecule has 2 aliphatic rings. The number of carbonyl (C=O) groups is 2. The number of hydrogen-bond acceptors (Lipinski definition) is 6. The molecule has 2 aromatic carbocycles. The maximum absolute atomic E-state index is 14.5. The molecule has 2 aliphatic heterocycles. The lowest BCUT2D eigenvalue weighted by molar-refractivity contribution is -0.250. The molecule has 36 heavy (non-hydrogen) atoms. The Morgan fingerprint density at radius 3 is 1.31 bits per heavy atom. The summed E-state index contributed by atoms with van der Waals surface area (Å²) in [5.74, 6) is -14.8. The molecule has 2 saturated heterocycles. The smallest absolute Gasteiger partial charge is 0.359 e. The quantitative estimate of drug-likeness (QED) is 0.323. The number of alkyl halides is 2. The average molecular weight is 524 g/mol. The maximum Gasteiger partial charge on any atom is 0.438 e. The van der Waals surface area contributed by atoms with Gasteiger partial charge in [-0.2, -0.15) is 0 Å². The molecule has 2 heterocycles. The van der Waals surface area contributed by atoms with E-state index in [-0.39, 0.29) is 26.2 Å². The van der Waals surface area contributed by atoms with Crippen molar-refractivity contribution in [2.75, 3.05) is 26.2 Å². The summed E-state index contributed by atoms with van der Waals surface area (Å²) in [5, 5.41) is 1.72. The van der Waals surface area contributed by atoms with E-state index in [1.807, 2.05) is 0 Å². The highest BCUT2D eigenvalue weighted by molar-refractivity contribution is 6.29. The Hall–Kier alpha value is -3.26. The molecule has 2 atom stereocenters. The third-order valence-corrected chi connectivity index (χ3v) is 5.90. The minimum Gasteiger partial charge on any atom is -0.359 e. The molecule has 14 heteroatoms. The van der Waals surface area contributed by atoms with Gasteiger partial charge in [-0.1, -0.05) is 12.1 Å². The van der Waals surface area contributed by atoms with Crippen molar-refractivity contribution in [2.24, 2.45) is 11.8 Å². The number of halogens is 8. The second kappa shape index (κ2) is 10.0. The second-order valence-electron chi connectivity index (χ2n) is 8.30. The van der Waals surface area contributed by atoms with E-state index >= 15 is 0 Å². The van der Waals surface area contributed by atoms with Crippen molar-refractivity contribution in [1.82, 2.24) is 10.1 Å². The molecule has 0 radical (unpaired) electrons. The normalized spacial score (nSPS) is 18.8. The number of hydrogen-bond donors (Lipinski definition) is 0. The first-order chi connectivity index (χ1) is 17.0. The third kappa shape index (κ3) is 4.87. The molecular weight excluding hydrogens is 508 g/mol. The van der Waals surface area contributed by atoms with Crippen LogP contribution in [0, 0.1) is 46.7 Å². The van der Waals surface area contributed by atoms with Crippen LogP contribution in [0.2, 0.25) is 0 Å². The lowest BCUT2D eigenvalue weighted by Gasteiger charge is -2.39. The highest BCUT2D eigenvalue weighted by atomic mass is 19.2. The van der Waals surface area contributed by atoms with E-state index in [0.717, 1.165) is 22.3 Å². The van der Waals surface area contributed by atoms with Crippen molar-refractivity contribution in [3.8, 4) is 0 Å². The van der Waals surface area contributed by atoms with Gasteiger partial charge in [0.1, 0.15) is 12.3 Å². The fourth-order valence-corrected chi connectivity index (χ4v) is 3.78. The number of rotatable bonds is 6. The van der Waals surface area contributed by atoms with E-state index in [2.05, 4.69) is 9.68 Å². The Bertz CT molecular complexity index is 1100. The summed E-state index contributed by atoms with van der Waals surface area (Å²) in [5.41, 5.74) is -1.41. The van der Waals surface area contributed by atoms with E-state index < -0.39 is 82.1 Å². The molecule has 2 aromatic rings. The SMILES string of the molecule is O=C(ON1CC(C(F)c2ccc(F)c(F)c2F)C1)C(=O)ON1CC(C(F)c2ccc(F)c(F)c2F)C1. The van der Waals surface area contributed by atoms with Crippen LogP contribution in [0.3, 0.4) is 0 Å². The van der Waals surface area contributed by atoms with Gasteiger partial charge in [-0.15, -0.1) is 10.1 Å². The summed E-state index contributed by atoms with van der Waals surface area (Å²) in [6, 6.07) is 2.67. The molecule has 0 aromatic heterocycles. The zero-order valence-corrected chi connectivity index (χ0v) is 18.0. The molecule has 4 rings (SSSR count). The van der Waals surface area contributed by atoms with E-state index in [9.17, 15) is 44.7 Å². The Labute approximate surface area is 197 Å². The second-order valence-corrected chi connectivity index (χ2v) is 8.30. The van der Waals surface area contributed by atoms with Crippen molar-refractivity contribution < 1.29 is 54.4 Å².